The lowest BCUT2D eigenvalue weighted by Crippen LogP contribution is -2.12. The fraction of sp³-hybridized carbons (Fsp3) is 0.545. The highest BCUT2D eigenvalue weighted by molar-refractivity contribution is 9.10. The molecule has 1 N–H and O–H groups in total. The van der Waals surface area contributed by atoms with Crippen LogP contribution >= 0.6 is 39.1 Å². The first-order chi connectivity index (χ1) is 7.65. The number of aromatic nitrogens is 1. The summed E-state index contributed by atoms with van der Waals surface area (Å²) in [5.74, 6) is 1.40. The number of rotatable bonds is 3. The highest BCUT2D eigenvalue weighted by Gasteiger charge is 2.22. The Labute approximate surface area is 114 Å². The van der Waals surface area contributed by atoms with E-state index in [0.717, 1.165) is 29.7 Å². The summed E-state index contributed by atoms with van der Waals surface area (Å²) in [6, 6.07) is 1.84. The molecule has 0 bridgehead atoms. The van der Waals surface area contributed by atoms with Gasteiger partial charge in [-0.15, -0.1) is 11.6 Å². The molecule has 2 unspecified atom stereocenters. The molecule has 2 nitrogen and oxygen atoms in total. The van der Waals surface area contributed by atoms with Crippen LogP contribution in [0.3, 0.4) is 0 Å². The van der Waals surface area contributed by atoms with Crippen molar-refractivity contribution >= 4 is 44.9 Å². The van der Waals surface area contributed by atoms with Crippen LogP contribution in [0.2, 0.25) is 5.02 Å². The average Bonchev–Trinajstić information content (AvgIpc) is 2.63. The van der Waals surface area contributed by atoms with Crippen molar-refractivity contribution in [3.63, 3.8) is 0 Å². The maximum absolute atomic E-state index is 6.07. The lowest BCUT2D eigenvalue weighted by atomic mass is 10.1. The van der Waals surface area contributed by atoms with Gasteiger partial charge in [0.15, 0.2) is 0 Å². The Kier molecular flexibility index (Phi) is 4.34. The zero-order valence-electron chi connectivity index (χ0n) is 8.72. The highest BCUT2D eigenvalue weighted by Crippen LogP contribution is 2.30. The van der Waals surface area contributed by atoms with E-state index in [-0.39, 0.29) is 0 Å². The molecule has 1 aromatic rings. The highest BCUT2D eigenvalue weighted by atomic mass is 79.9. The number of nitrogens with one attached hydrogen (secondary N) is 1. The standard InChI is InChI=1S/C11H13BrCl2N2/c12-8-4-10(14)11(16-6-8)15-5-7-1-2-9(13)3-7/h4,6-7,9H,1-3,5H2,(H,15,16). The molecular formula is C11H13BrCl2N2. The molecular weight excluding hydrogens is 311 g/mol. The molecule has 1 saturated carbocycles. The lowest BCUT2D eigenvalue weighted by Gasteiger charge is -2.12. The van der Waals surface area contributed by atoms with Crippen LogP contribution in [0.4, 0.5) is 5.82 Å². The monoisotopic (exact) mass is 322 g/mol. The normalized spacial score (nSPS) is 24.7. The van der Waals surface area contributed by atoms with E-state index in [4.69, 9.17) is 23.2 Å². The molecule has 0 amide bonds. The van der Waals surface area contributed by atoms with Gasteiger partial charge >= 0.3 is 0 Å². The van der Waals surface area contributed by atoms with Crippen LogP contribution < -0.4 is 5.32 Å². The van der Waals surface area contributed by atoms with Crippen molar-refractivity contribution in [1.82, 2.24) is 4.98 Å². The average molecular weight is 324 g/mol. The number of nitrogens with zero attached hydrogens (tertiary/aromatic N) is 1. The first-order valence-electron chi connectivity index (χ1n) is 5.34. The van der Waals surface area contributed by atoms with E-state index >= 15 is 0 Å². The minimum Gasteiger partial charge on any atom is -0.369 e. The SMILES string of the molecule is Clc1cc(Br)cnc1NCC1CCC(Cl)C1. The van der Waals surface area contributed by atoms with Crippen molar-refractivity contribution in [3.8, 4) is 0 Å². The van der Waals surface area contributed by atoms with Gasteiger partial charge in [-0.3, -0.25) is 0 Å². The first-order valence-corrected chi connectivity index (χ1v) is 6.95. The number of anilines is 1. The van der Waals surface area contributed by atoms with E-state index in [1.165, 1.54) is 6.42 Å². The second kappa shape index (κ2) is 5.56. The number of pyridine rings is 1. The molecule has 16 heavy (non-hydrogen) atoms. The fourth-order valence-electron chi connectivity index (χ4n) is 1.98. The Balaban J connectivity index is 1.89. The van der Waals surface area contributed by atoms with Crippen LogP contribution in [0.15, 0.2) is 16.7 Å². The molecule has 88 valence electrons. The predicted molar refractivity (Wildman–Crippen MR) is 72.4 cm³/mol. The largest absolute Gasteiger partial charge is 0.369 e. The summed E-state index contributed by atoms with van der Waals surface area (Å²) in [7, 11) is 0. The summed E-state index contributed by atoms with van der Waals surface area (Å²) in [6.45, 7) is 0.900. The third kappa shape index (κ3) is 3.25. The summed E-state index contributed by atoms with van der Waals surface area (Å²) >= 11 is 15.5. The summed E-state index contributed by atoms with van der Waals surface area (Å²) in [5.41, 5.74) is 0. The molecule has 1 heterocycles. The van der Waals surface area contributed by atoms with Gasteiger partial charge in [-0.2, -0.15) is 0 Å². The van der Waals surface area contributed by atoms with E-state index in [0.29, 0.717) is 16.3 Å². The van der Waals surface area contributed by atoms with Crippen LogP contribution in [0.1, 0.15) is 19.3 Å². The van der Waals surface area contributed by atoms with Gasteiger partial charge in [0.05, 0.1) is 5.02 Å². The smallest absolute Gasteiger partial charge is 0.144 e. The second-order valence-electron chi connectivity index (χ2n) is 4.14. The molecule has 0 saturated heterocycles. The van der Waals surface area contributed by atoms with Crippen molar-refractivity contribution in [2.45, 2.75) is 24.6 Å². The summed E-state index contributed by atoms with van der Waals surface area (Å²) in [6.07, 6.45) is 5.14. The van der Waals surface area contributed by atoms with E-state index in [1.54, 1.807) is 6.20 Å². The van der Waals surface area contributed by atoms with Gasteiger partial charge in [-0.1, -0.05) is 11.6 Å². The van der Waals surface area contributed by atoms with Crippen molar-refractivity contribution in [1.29, 1.82) is 0 Å². The number of hydrogen-bond acceptors (Lipinski definition) is 2. The molecule has 1 aromatic heterocycles. The van der Waals surface area contributed by atoms with Crippen molar-refractivity contribution in [2.75, 3.05) is 11.9 Å². The van der Waals surface area contributed by atoms with Crippen LogP contribution in [-0.2, 0) is 0 Å². The van der Waals surface area contributed by atoms with Gasteiger partial charge in [0, 0.05) is 22.6 Å². The molecule has 2 rings (SSSR count). The molecule has 5 heteroatoms. The predicted octanol–water partition coefficient (Wildman–Crippen LogP) is 4.32. The third-order valence-corrected chi connectivity index (χ3v) is 3.96. The quantitative estimate of drug-likeness (QED) is 0.838. The van der Waals surface area contributed by atoms with E-state index in [9.17, 15) is 0 Å². The molecule has 2 atom stereocenters. The Morgan fingerprint density at radius 1 is 1.50 bits per heavy atom. The molecule has 1 aliphatic rings. The summed E-state index contributed by atoms with van der Waals surface area (Å²) in [5, 5.41) is 4.28. The topological polar surface area (TPSA) is 24.9 Å². The Morgan fingerprint density at radius 3 is 2.94 bits per heavy atom. The van der Waals surface area contributed by atoms with Crippen LogP contribution in [-0.4, -0.2) is 16.9 Å². The zero-order chi connectivity index (χ0) is 11.5. The molecule has 0 radical (unpaired) electrons. The Bertz CT molecular complexity index is 373. The molecule has 0 spiro atoms. The number of alkyl halides is 1. The van der Waals surface area contributed by atoms with Crippen molar-refractivity contribution in [3.05, 3.63) is 21.8 Å². The molecule has 1 fully saturated rings. The van der Waals surface area contributed by atoms with Crippen molar-refractivity contribution in [2.24, 2.45) is 5.92 Å². The van der Waals surface area contributed by atoms with Crippen LogP contribution in [0.25, 0.3) is 0 Å². The molecule has 0 aromatic carbocycles. The van der Waals surface area contributed by atoms with Crippen LogP contribution in [0.5, 0.6) is 0 Å². The van der Waals surface area contributed by atoms with E-state index in [2.05, 4.69) is 26.2 Å². The van der Waals surface area contributed by atoms with E-state index < -0.39 is 0 Å². The second-order valence-corrected chi connectivity index (χ2v) is 6.08. The molecule has 0 aliphatic heterocycles. The van der Waals surface area contributed by atoms with Crippen LogP contribution in [0, 0.1) is 5.92 Å². The lowest BCUT2D eigenvalue weighted by molar-refractivity contribution is 0.579. The van der Waals surface area contributed by atoms with Gasteiger partial charge in [-0.25, -0.2) is 4.98 Å². The van der Waals surface area contributed by atoms with Crippen molar-refractivity contribution < 1.29 is 0 Å². The molecule has 1 aliphatic carbocycles. The number of halogens is 3. The summed E-state index contributed by atoms with van der Waals surface area (Å²) in [4.78, 5) is 4.23. The van der Waals surface area contributed by atoms with Gasteiger partial charge in [-0.05, 0) is 47.2 Å². The summed E-state index contributed by atoms with van der Waals surface area (Å²) < 4.78 is 0.893. The Hall–Kier alpha value is 0.01000. The van der Waals surface area contributed by atoms with Gasteiger partial charge in [0.2, 0.25) is 0 Å². The zero-order valence-corrected chi connectivity index (χ0v) is 11.8. The fourth-order valence-corrected chi connectivity index (χ4v) is 3.06. The minimum atomic E-state index is 0.347. The van der Waals surface area contributed by atoms with Gasteiger partial charge in [0.25, 0.3) is 0 Å². The maximum atomic E-state index is 6.07. The van der Waals surface area contributed by atoms with E-state index in [1.807, 2.05) is 6.07 Å². The third-order valence-electron chi connectivity index (χ3n) is 2.84. The van der Waals surface area contributed by atoms with Gasteiger partial charge in [0.1, 0.15) is 5.82 Å². The minimum absolute atomic E-state index is 0.347. The number of hydrogen-bond donors (Lipinski definition) is 1. The van der Waals surface area contributed by atoms with Gasteiger partial charge < -0.3 is 5.32 Å². The maximum Gasteiger partial charge on any atom is 0.144 e. The Morgan fingerprint density at radius 2 is 2.31 bits per heavy atom. The first kappa shape index (κ1) is 12.5.